The molecule has 2 aromatic rings. The van der Waals surface area contributed by atoms with Crippen LogP contribution in [0.5, 0.6) is 0 Å². The maximum absolute atomic E-state index is 11.7. The summed E-state index contributed by atoms with van der Waals surface area (Å²) in [5.41, 5.74) is 2.67. The monoisotopic (exact) mass is 217 g/mol. The summed E-state index contributed by atoms with van der Waals surface area (Å²) in [6.07, 6.45) is 0. The van der Waals surface area contributed by atoms with Crippen LogP contribution in [0.4, 0.5) is 0 Å². The predicted octanol–water partition coefficient (Wildman–Crippen LogP) is 1.19. The molecule has 2 N–H and O–H groups in total. The number of H-pyrrole nitrogens is 1. The first-order valence-corrected chi connectivity index (χ1v) is 5.24. The lowest BCUT2D eigenvalue weighted by Gasteiger charge is -2.05. The van der Waals surface area contributed by atoms with Gasteiger partial charge in [0, 0.05) is 12.2 Å². The van der Waals surface area contributed by atoms with Crippen molar-refractivity contribution in [3.63, 3.8) is 0 Å². The number of benzene rings is 1. The van der Waals surface area contributed by atoms with Crippen molar-refractivity contribution in [1.82, 2.24) is 15.1 Å². The maximum atomic E-state index is 11.7. The van der Waals surface area contributed by atoms with Gasteiger partial charge in [-0.05, 0) is 26.1 Å². The van der Waals surface area contributed by atoms with Crippen LogP contribution in [-0.2, 0) is 6.54 Å². The number of hydrogen-bond acceptors (Lipinski definition) is 2. The first-order valence-electron chi connectivity index (χ1n) is 5.24. The van der Waals surface area contributed by atoms with Gasteiger partial charge in [-0.2, -0.15) is 0 Å². The summed E-state index contributed by atoms with van der Waals surface area (Å²) in [4.78, 5) is 11.7. The van der Waals surface area contributed by atoms with E-state index < -0.39 is 0 Å². The second-order valence-electron chi connectivity index (χ2n) is 3.71. The summed E-state index contributed by atoms with van der Waals surface area (Å²) in [5, 5.41) is 5.83. The normalized spacial score (nSPS) is 10.6. The lowest BCUT2D eigenvalue weighted by molar-refractivity contribution is 0.801. The number of rotatable bonds is 3. The highest BCUT2D eigenvalue weighted by Gasteiger charge is 2.10. The highest BCUT2D eigenvalue weighted by atomic mass is 16.1. The lowest BCUT2D eigenvalue weighted by Crippen LogP contribution is -2.14. The third-order valence-electron chi connectivity index (χ3n) is 2.63. The maximum Gasteiger partial charge on any atom is 0.269 e. The quantitative estimate of drug-likeness (QED) is 0.811. The Hall–Kier alpha value is -1.81. The van der Waals surface area contributed by atoms with E-state index >= 15 is 0 Å². The van der Waals surface area contributed by atoms with E-state index in [4.69, 9.17) is 0 Å². The molecule has 0 atom stereocenters. The van der Waals surface area contributed by atoms with Crippen LogP contribution >= 0.6 is 0 Å². The van der Waals surface area contributed by atoms with Gasteiger partial charge in [0.05, 0.1) is 11.3 Å². The van der Waals surface area contributed by atoms with Crippen LogP contribution in [0.25, 0.3) is 5.69 Å². The molecule has 16 heavy (non-hydrogen) atoms. The molecule has 0 amide bonds. The van der Waals surface area contributed by atoms with Gasteiger partial charge < -0.3 is 5.32 Å². The van der Waals surface area contributed by atoms with Gasteiger partial charge in [-0.15, -0.1) is 0 Å². The molecule has 0 saturated carbocycles. The van der Waals surface area contributed by atoms with Gasteiger partial charge >= 0.3 is 0 Å². The van der Waals surface area contributed by atoms with Gasteiger partial charge in [0.25, 0.3) is 5.56 Å². The Kier molecular flexibility index (Phi) is 2.92. The first kappa shape index (κ1) is 10.7. The van der Waals surface area contributed by atoms with Crippen molar-refractivity contribution in [2.45, 2.75) is 13.5 Å². The minimum Gasteiger partial charge on any atom is -0.315 e. The highest BCUT2D eigenvalue weighted by molar-refractivity contribution is 5.34. The summed E-state index contributed by atoms with van der Waals surface area (Å²) in [6, 6.07) is 9.78. The number of nitrogens with one attached hydrogen (secondary N) is 2. The fourth-order valence-corrected chi connectivity index (χ4v) is 1.77. The highest BCUT2D eigenvalue weighted by Crippen LogP contribution is 2.10. The molecule has 0 bridgehead atoms. The van der Waals surface area contributed by atoms with Crippen LogP contribution in [0.3, 0.4) is 0 Å². The van der Waals surface area contributed by atoms with Gasteiger partial charge in [-0.3, -0.25) is 14.6 Å². The van der Waals surface area contributed by atoms with Crippen LogP contribution in [0.15, 0.2) is 35.1 Å². The third-order valence-corrected chi connectivity index (χ3v) is 2.63. The molecular formula is C12H15N3O. The second kappa shape index (κ2) is 4.37. The van der Waals surface area contributed by atoms with Crippen molar-refractivity contribution in [3.8, 4) is 5.69 Å². The molecule has 0 fully saturated rings. The molecule has 1 aromatic heterocycles. The van der Waals surface area contributed by atoms with Crippen molar-refractivity contribution in [1.29, 1.82) is 0 Å². The molecule has 0 aliphatic heterocycles. The predicted molar refractivity (Wildman–Crippen MR) is 63.9 cm³/mol. The third kappa shape index (κ3) is 1.79. The second-order valence-corrected chi connectivity index (χ2v) is 3.71. The zero-order valence-electron chi connectivity index (χ0n) is 9.45. The van der Waals surface area contributed by atoms with Gasteiger partial charge in [0.15, 0.2) is 0 Å². The van der Waals surface area contributed by atoms with Crippen molar-refractivity contribution in [3.05, 3.63) is 51.9 Å². The van der Waals surface area contributed by atoms with Crippen LogP contribution < -0.4 is 10.9 Å². The SMILES string of the molecule is CNCc1c(C)n(-c2ccccc2)[nH]c1=O. The average Bonchev–Trinajstić information content (AvgIpc) is 2.59. The van der Waals surface area contributed by atoms with Crippen molar-refractivity contribution in [2.24, 2.45) is 0 Å². The van der Waals surface area contributed by atoms with Crippen LogP contribution in [0.1, 0.15) is 11.3 Å². The van der Waals surface area contributed by atoms with Gasteiger partial charge in [0.1, 0.15) is 0 Å². The average molecular weight is 217 g/mol. The largest absolute Gasteiger partial charge is 0.315 e. The Labute approximate surface area is 93.9 Å². The molecule has 0 saturated heterocycles. The summed E-state index contributed by atoms with van der Waals surface area (Å²) < 4.78 is 1.81. The molecule has 0 spiro atoms. The summed E-state index contributed by atoms with van der Waals surface area (Å²) in [5.74, 6) is 0. The first-order chi connectivity index (χ1) is 7.74. The van der Waals surface area contributed by atoms with Crippen LogP contribution in [0, 0.1) is 6.92 Å². The van der Waals surface area contributed by atoms with E-state index in [1.807, 2.05) is 49.0 Å². The summed E-state index contributed by atoms with van der Waals surface area (Å²) in [6.45, 7) is 2.53. The fourth-order valence-electron chi connectivity index (χ4n) is 1.77. The Bertz CT molecular complexity index is 525. The minimum absolute atomic E-state index is 0.0318. The molecule has 0 aliphatic carbocycles. The zero-order chi connectivity index (χ0) is 11.5. The number of aromatic nitrogens is 2. The fraction of sp³-hybridized carbons (Fsp3) is 0.250. The number of hydrogen-bond donors (Lipinski definition) is 2. The smallest absolute Gasteiger partial charge is 0.269 e. The molecule has 1 aromatic carbocycles. The molecule has 0 aliphatic rings. The molecule has 2 rings (SSSR count). The lowest BCUT2D eigenvalue weighted by atomic mass is 10.2. The van der Waals surface area contributed by atoms with Crippen LogP contribution in [-0.4, -0.2) is 16.8 Å². The van der Waals surface area contributed by atoms with Gasteiger partial charge in [-0.25, -0.2) is 0 Å². The minimum atomic E-state index is -0.0318. The van der Waals surface area contributed by atoms with E-state index in [2.05, 4.69) is 10.4 Å². The molecule has 1 heterocycles. The van der Waals surface area contributed by atoms with E-state index in [0.717, 1.165) is 16.9 Å². The molecule has 0 unspecified atom stereocenters. The van der Waals surface area contributed by atoms with E-state index in [1.165, 1.54) is 0 Å². The number of para-hydroxylation sites is 1. The van der Waals surface area contributed by atoms with E-state index in [9.17, 15) is 4.79 Å². The topological polar surface area (TPSA) is 49.8 Å². The zero-order valence-corrected chi connectivity index (χ0v) is 9.45. The Morgan fingerprint density at radius 2 is 2.00 bits per heavy atom. The van der Waals surface area contributed by atoms with Crippen molar-refractivity contribution < 1.29 is 0 Å². The summed E-state index contributed by atoms with van der Waals surface area (Å²) >= 11 is 0. The number of nitrogens with zero attached hydrogens (tertiary/aromatic N) is 1. The molecule has 4 nitrogen and oxygen atoms in total. The number of aromatic amines is 1. The van der Waals surface area contributed by atoms with E-state index in [0.29, 0.717) is 6.54 Å². The molecule has 84 valence electrons. The Morgan fingerprint density at radius 1 is 1.31 bits per heavy atom. The standard InChI is InChI=1S/C12H15N3O/c1-9-11(8-13-2)12(16)14-15(9)10-6-4-3-5-7-10/h3-7,13H,8H2,1-2H3,(H,14,16). The summed E-state index contributed by atoms with van der Waals surface area (Å²) in [7, 11) is 1.83. The van der Waals surface area contributed by atoms with Crippen molar-refractivity contribution in [2.75, 3.05) is 7.05 Å². The van der Waals surface area contributed by atoms with Gasteiger partial charge in [0.2, 0.25) is 0 Å². The van der Waals surface area contributed by atoms with E-state index in [-0.39, 0.29) is 5.56 Å². The van der Waals surface area contributed by atoms with Crippen LogP contribution in [0.2, 0.25) is 0 Å². The van der Waals surface area contributed by atoms with E-state index in [1.54, 1.807) is 0 Å². The molecule has 0 radical (unpaired) electrons. The van der Waals surface area contributed by atoms with Gasteiger partial charge in [-0.1, -0.05) is 18.2 Å². The molecular weight excluding hydrogens is 202 g/mol. The molecule has 4 heteroatoms. The Balaban J connectivity index is 2.52. The Morgan fingerprint density at radius 3 is 2.62 bits per heavy atom. The van der Waals surface area contributed by atoms with Crippen molar-refractivity contribution >= 4 is 0 Å².